The van der Waals surface area contributed by atoms with Gasteiger partial charge in [0.25, 0.3) is 11.8 Å². The lowest BCUT2D eigenvalue weighted by Gasteiger charge is -2.09. The van der Waals surface area contributed by atoms with Crippen LogP contribution in [0, 0.1) is 0 Å². The molecule has 156 valence electrons. The van der Waals surface area contributed by atoms with E-state index in [0.717, 1.165) is 16.6 Å². The molecule has 1 aliphatic rings. The fourth-order valence-electron chi connectivity index (χ4n) is 3.18. The van der Waals surface area contributed by atoms with E-state index in [1.807, 2.05) is 18.2 Å². The quantitative estimate of drug-likeness (QED) is 0.463. The summed E-state index contributed by atoms with van der Waals surface area (Å²) in [5, 5.41) is 12.3. The smallest absolute Gasteiger partial charge is 0.277 e. The second-order valence-electron chi connectivity index (χ2n) is 6.72. The second kappa shape index (κ2) is 7.82. The largest absolute Gasteiger partial charge is 0.474 e. The third kappa shape index (κ3) is 3.78. The van der Waals surface area contributed by atoms with Crippen molar-refractivity contribution in [2.75, 3.05) is 18.7 Å². The molecule has 0 unspecified atom stereocenters. The van der Waals surface area contributed by atoms with Crippen molar-refractivity contribution in [1.29, 1.82) is 0 Å². The fraction of sp³-hybridized carbons (Fsp3) is 0.143. The molecule has 0 saturated carbocycles. The summed E-state index contributed by atoms with van der Waals surface area (Å²) < 4.78 is 22.1. The Morgan fingerprint density at radius 1 is 1.13 bits per heavy atom. The Hall–Kier alpha value is -4.34. The maximum atomic E-state index is 11.3. The van der Waals surface area contributed by atoms with Crippen molar-refractivity contribution in [3.63, 3.8) is 0 Å². The molecule has 0 atom stereocenters. The van der Waals surface area contributed by atoms with E-state index in [4.69, 9.17) is 24.4 Å². The van der Waals surface area contributed by atoms with Crippen LogP contribution < -0.4 is 25.3 Å². The average Bonchev–Trinajstić information content (AvgIpc) is 3.45. The van der Waals surface area contributed by atoms with Gasteiger partial charge in [0, 0.05) is 24.4 Å². The zero-order valence-electron chi connectivity index (χ0n) is 16.2. The van der Waals surface area contributed by atoms with Crippen LogP contribution in [0.1, 0.15) is 16.1 Å². The summed E-state index contributed by atoms with van der Waals surface area (Å²) in [5.74, 6) is 1.59. The van der Waals surface area contributed by atoms with E-state index < -0.39 is 5.91 Å². The third-order valence-corrected chi connectivity index (χ3v) is 4.70. The average molecular weight is 419 g/mol. The number of primary amides is 1. The number of carbonyl (C=O) groups is 1. The van der Waals surface area contributed by atoms with Gasteiger partial charge < -0.3 is 29.7 Å². The molecule has 3 N–H and O–H groups in total. The summed E-state index contributed by atoms with van der Waals surface area (Å²) in [6.45, 7) is 0.515. The number of rotatable bonds is 7. The van der Waals surface area contributed by atoms with Crippen LogP contribution in [-0.2, 0) is 6.42 Å². The number of benzene rings is 1. The first-order chi connectivity index (χ1) is 15.2. The van der Waals surface area contributed by atoms with Crippen LogP contribution in [0.15, 0.2) is 53.3 Å². The third-order valence-electron chi connectivity index (χ3n) is 4.70. The summed E-state index contributed by atoms with van der Waals surface area (Å²) in [7, 11) is 0. The molecule has 1 aliphatic heterocycles. The zero-order chi connectivity index (χ0) is 21.2. The number of ether oxygens (including phenoxy) is 3. The van der Waals surface area contributed by atoms with E-state index in [-0.39, 0.29) is 18.4 Å². The number of anilines is 2. The van der Waals surface area contributed by atoms with Gasteiger partial charge in [-0.1, -0.05) is 0 Å². The van der Waals surface area contributed by atoms with Crippen LogP contribution in [-0.4, -0.2) is 34.5 Å². The highest BCUT2D eigenvalue weighted by Gasteiger charge is 2.17. The van der Waals surface area contributed by atoms with Crippen molar-refractivity contribution in [1.82, 2.24) is 15.2 Å². The number of amides is 1. The number of hydrogen-bond donors (Lipinski definition) is 2. The van der Waals surface area contributed by atoms with Gasteiger partial charge in [-0.3, -0.25) is 9.78 Å². The van der Waals surface area contributed by atoms with Crippen LogP contribution in [0.3, 0.4) is 0 Å². The standard InChI is InChI=1S/C21H17N5O5/c22-19(27)15-9-12(3-6-23-15)4-7-29-21-18-14(5-8-28-18)20(25-26-21)24-13-1-2-16-17(10-13)31-11-30-16/h1-3,5-6,8-10H,4,7,11H2,(H2,22,27)(H,24,25). The second-order valence-corrected chi connectivity index (χ2v) is 6.72. The SMILES string of the molecule is NC(=O)c1cc(CCOc2nnc(Nc3ccc4c(c3)OCO4)c3ccoc23)ccn1. The van der Waals surface area contributed by atoms with Crippen molar-refractivity contribution in [2.24, 2.45) is 5.73 Å². The summed E-state index contributed by atoms with van der Waals surface area (Å²) >= 11 is 0. The van der Waals surface area contributed by atoms with E-state index in [9.17, 15) is 4.79 Å². The Bertz CT molecular complexity index is 1270. The van der Waals surface area contributed by atoms with Gasteiger partial charge in [-0.15, -0.1) is 10.2 Å². The number of carbonyl (C=O) groups excluding carboxylic acids is 1. The molecule has 1 amide bonds. The van der Waals surface area contributed by atoms with Crippen molar-refractivity contribution in [2.45, 2.75) is 6.42 Å². The predicted molar refractivity (Wildman–Crippen MR) is 110 cm³/mol. The lowest BCUT2D eigenvalue weighted by atomic mass is 10.2. The number of furan rings is 1. The van der Waals surface area contributed by atoms with Crippen molar-refractivity contribution in [3.05, 3.63) is 60.1 Å². The van der Waals surface area contributed by atoms with E-state index in [2.05, 4.69) is 20.5 Å². The van der Waals surface area contributed by atoms with Gasteiger partial charge >= 0.3 is 0 Å². The van der Waals surface area contributed by atoms with E-state index in [1.54, 1.807) is 24.5 Å². The fourth-order valence-corrected chi connectivity index (χ4v) is 3.18. The van der Waals surface area contributed by atoms with Gasteiger partial charge in [0.1, 0.15) is 5.69 Å². The number of nitrogens with zero attached hydrogens (tertiary/aromatic N) is 3. The van der Waals surface area contributed by atoms with Crippen LogP contribution in [0.5, 0.6) is 17.4 Å². The van der Waals surface area contributed by atoms with Crippen LogP contribution >= 0.6 is 0 Å². The lowest BCUT2D eigenvalue weighted by molar-refractivity contribution is 0.0995. The molecule has 0 fully saturated rings. The Morgan fingerprint density at radius 3 is 2.94 bits per heavy atom. The zero-order valence-corrected chi connectivity index (χ0v) is 16.2. The highest BCUT2D eigenvalue weighted by molar-refractivity contribution is 5.92. The van der Waals surface area contributed by atoms with Crippen LogP contribution in [0.25, 0.3) is 11.0 Å². The molecule has 4 aromatic rings. The molecule has 0 saturated heterocycles. The molecule has 0 aliphatic carbocycles. The highest BCUT2D eigenvalue weighted by atomic mass is 16.7. The normalized spacial score (nSPS) is 12.1. The Labute approximate surface area is 175 Å². The van der Waals surface area contributed by atoms with Gasteiger partial charge in [-0.2, -0.15) is 0 Å². The Kier molecular flexibility index (Phi) is 4.71. The van der Waals surface area contributed by atoms with Gasteiger partial charge in [-0.05, 0) is 35.9 Å². The van der Waals surface area contributed by atoms with Crippen LogP contribution in [0.2, 0.25) is 0 Å². The summed E-state index contributed by atoms with van der Waals surface area (Å²) in [6, 6.07) is 10.7. The monoisotopic (exact) mass is 419 g/mol. The van der Waals surface area contributed by atoms with Gasteiger partial charge in [0.2, 0.25) is 12.4 Å². The number of nitrogens with one attached hydrogen (secondary N) is 1. The minimum Gasteiger partial charge on any atom is -0.474 e. The van der Waals surface area contributed by atoms with Crippen molar-refractivity contribution < 1.29 is 23.4 Å². The maximum absolute atomic E-state index is 11.3. The Balaban J connectivity index is 1.30. The summed E-state index contributed by atoms with van der Waals surface area (Å²) in [6.07, 6.45) is 3.62. The molecule has 0 bridgehead atoms. The molecule has 1 aromatic carbocycles. The van der Waals surface area contributed by atoms with Crippen molar-refractivity contribution >= 4 is 28.4 Å². The minimum atomic E-state index is -0.573. The maximum Gasteiger partial charge on any atom is 0.277 e. The van der Waals surface area contributed by atoms with Crippen molar-refractivity contribution in [3.8, 4) is 17.4 Å². The first-order valence-corrected chi connectivity index (χ1v) is 9.45. The van der Waals surface area contributed by atoms with Gasteiger partial charge in [-0.25, -0.2) is 0 Å². The first kappa shape index (κ1) is 18.7. The summed E-state index contributed by atoms with van der Waals surface area (Å²) in [5.41, 5.74) is 7.60. The van der Waals surface area contributed by atoms with Gasteiger partial charge in [0.15, 0.2) is 17.3 Å². The van der Waals surface area contributed by atoms with E-state index in [0.29, 0.717) is 35.9 Å². The molecule has 4 heterocycles. The predicted octanol–water partition coefficient (Wildman–Crippen LogP) is 2.81. The molecule has 3 aromatic heterocycles. The topological polar surface area (TPSA) is 135 Å². The molecule has 5 rings (SSSR count). The molecular weight excluding hydrogens is 402 g/mol. The first-order valence-electron chi connectivity index (χ1n) is 9.45. The summed E-state index contributed by atoms with van der Waals surface area (Å²) in [4.78, 5) is 15.2. The van der Waals surface area contributed by atoms with Crippen LogP contribution in [0.4, 0.5) is 11.5 Å². The number of aromatic nitrogens is 3. The minimum absolute atomic E-state index is 0.208. The molecule has 10 heteroatoms. The molecule has 0 radical (unpaired) electrons. The number of hydrogen-bond acceptors (Lipinski definition) is 9. The number of nitrogens with two attached hydrogens (primary N) is 1. The number of fused-ring (bicyclic) bond motifs is 2. The number of pyridine rings is 1. The Morgan fingerprint density at radius 2 is 2.03 bits per heavy atom. The van der Waals surface area contributed by atoms with E-state index >= 15 is 0 Å². The van der Waals surface area contributed by atoms with E-state index in [1.165, 1.54) is 6.20 Å². The molecule has 31 heavy (non-hydrogen) atoms. The molecular formula is C21H17N5O5. The lowest BCUT2D eigenvalue weighted by Crippen LogP contribution is -2.13. The van der Waals surface area contributed by atoms with Gasteiger partial charge in [0.05, 0.1) is 18.3 Å². The highest BCUT2D eigenvalue weighted by Crippen LogP contribution is 2.36. The molecule has 0 spiro atoms. The molecule has 10 nitrogen and oxygen atoms in total.